The first-order valence-electron chi connectivity index (χ1n) is 10.4. The van der Waals surface area contributed by atoms with Gasteiger partial charge < -0.3 is 14.4 Å². The van der Waals surface area contributed by atoms with Gasteiger partial charge in [-0.25, -0.2) is 4.79 Å². The van der Waals surface area contributed by atoms with Crippen molar-refractivity contribution < 1.29 is 32.3 Å². The van der Waals surface area contributed by atoms with Crippen molar-refractivity contribution in [3.05, 3.63) is 83.4 Å². The summed E-state index contributed by atoms with van der Waals surface area (Å²) < 4.78 is 52.4. The molecule has 0 fully saturated rings. The zero-order valence-electron chi connectivity index (χ0n) is 18.1. The standard InChI is InChI=1S/C24H15F3N4O4S/c25-24(26,27)20-17(15-4-2-1-3-5-15)12-18(36-20)22-28-21(30-35-22)16-8-6-14(7-9-16)13-31-11-10-19(29-31)34-23(32)33/h1-12H,13H2,(H,32,33). The highest BCUT2D eigenvalue weighted by Crippen LogP contribution is 2.45. The molecule has 2 aromatic carbocycles. The number of carbonyl (C=O) groups is 1. The van der Waals surface area contributed by atoms with Crippen LogP contribution in [-0.4, -0.2) is 31.2 Å². The highest BCUT2D eigenvalue weighted by atomic mass is 32.1. The molecule has 0 radical (unpaired) electrons. The maximum Gasteiger partial charge on any atom is 0.512 e. The molecule has 0 amide bonds. The van der Waals surface area contributed by atoms with E-state index in [1.54, 1.807) is 60.8 Å². The quantitative estimate of drug-likeness (QED) is 0.261. The van der Waals surface area contributed by atoms with Gasteiger partial charge >= 0.3 is 12.3 Å². The van der Waals surface area contributed by atoms with E-state index >= 15 is 0 Å². The summed E-state index contributed by atoms with van der Waals surface area (Å²) in [7, 11) is 0. The lowest BCUT2D eigenvalue weighted by molar-refractivity contribution is -0.133. The molecule has 0 unspecified atom stereocenters. The predicted molar refractivity (Wildman–Crippen MR) is 123 cm³/mol. The molecular formula is C24H15F3N4O4S. The van der Waals surface area contributed by atoms with Crippen LogP contribution in [0.2, 0.25) is 0 Å². The molecular weight excluding hydrogens is 497 g/mol. The van der Waals surface area contributed by atoms with Crippen LogP contribution < -0.4 is 4.74 Å². The first kappa shape index (κ1) is 23.3. The van der Waals surface area contributed by atoms with Crippen molar-refractivity contribution >= 4 is 17.5 Å². The minimum atomic E-state index is -4.53. The van der Waals surface area contributed by atoms with Gasteiger partial charge in [0.25, 0.3) is 5.89 Å². The summed E-state index contributed by atoms with van der Waals surface area (Å²) in [5.74, 6) is 0.196. The summed E-state index contributed by atoms with van der Waals surface area (Å²) in [6, 6.07) is 18.2. The number of nitrogens with zero attached hydrogens (tertiary/aromatic N) is 4. The van der Waals surface area contributed by atoms with Crippen molar-refractivity contribution in [1.29, 1.82) is 0 Å². The molecule has 3 heterocycles. The number of hydrogen-bond acceptors (Lipinski definition) is 7. The van der Waals surface area contributed by atoms with Gasteiger partial charge in [0.05, 0.1) is 11.4 Å². The van der Waals surface area contributed by atoms with E-state index in [1.165, 1.54) is 16.8 Å². The van der Waals surface area contributed by atoms with E-state index in [9.17, 15) is 18.0 Å². The summed E-state index contributed by atoms with van der Waals surface area (Å²) in [6.45, 7) is 0.360. The molecule has 8 nitrogen and oxygen atoms in total. The molecule has 0 aliphatic carbocycles. The molecule has 0 spiro atoms. The van der Waals surface area contributed by atoms with Gasteiger partial charge in [0.1, 0.15) is 4.88 Å². The second-order valence-corrected chi connectivity index (χ2v) is 8.61. The summed E-state index contributed by atoms with van der Waals surface area (Å²) in [6.07, 6.45) is -4.39. The van der Waals surface area contributed by atoms with Crippen LogP contribution in [0.25, 0.3) is 33.3 Å². The van der Waals surface area contributed by atoms with E-state index in [0.717, 1.165) is 5.56 Å². The second kappa shape index (κ2) is 9.30. The molecule has 12 heteroatoms. The number of aromatic nitrogens is 4. The zero-order chi connectivity index (χ0) is 25.3. The fourth-order valence-corrected chi connectivity index (χ4v) is 4.47. The van der Waals surface area contributed by atoms with E-state index in [-0.39, 0.29) is 28.0 Å². The molecule has 0 saturated heterocycles. The van der Waals surface area contributed by atoms with Crippen molar-refractivity contribution in [2.45, 2.75) is 12.7 Å². The average Bonchev–Trinajstić information content (AvgIpc) is 3.59. The third-order valence-electron chi connectivity index (χ3n) is 5.08. The lowest BCUT2D eigenvalue weighted by Crippen LogP contribution is -2.05. The van der Waals surface area contributed by atoms with E-state index in [4.69, 9.17) is 9.63 Å². The number of halogens is 3. The van der Waals surface area contributed by atoms with E-state index in [1.807, 2.05) is 0 Å². The highest BCUT2D eigenvalue weighted by molar-refractivity contribution is 7.16. The fraction of sp³-hybridized carbons (Fsp3) is 0.0833. The van der Waals surface area contributed by atoms with E-state index in [2.05, 4.69) is 20.0 Å². The number of alkyl halides is 3. The summed E-state index contributed by atoms with van der Waals surface area (Å²) in [4.78, 5) is 14.4. The van der Waals surface area contributed by atoms with Crippen molar-refractivity contribution in [3.63, 3.8) is 0 Å². The minimum Gasteiger partial charge on any atom is -0.449 e. The molecule has 0 atom stereocenters. The lowest BCUT2D eigenvalue weighted by Gasteiger charge is -2.07. The van der Waals surface area contributed by atoms with Gasteiger partial charge in [-0.1, -0.05) is 59.8 Å². The first-order valence-corrected chi connectivity index (χ1v) is 11.2. The van der Waals surface area contributed by atoms with Gasteiger partial charge in [0, 0.05) is 23.4 Å². The summed E-state index contributed by atoms with van der Waals surface area (Å²) >= 11 is 0.554. The SMILES string of the molecule is O=C(O)Oc1ccn(Cc2ccc(-c3noc(-c4cc(-c5ccccc5)c(C(F)(F)F)s4)n3)cc2)n1. The van der Waals surface area contributed by atoms with Crippen LogP contribution in [-0.2, 0) is 12.7 Å². The Morgan fingerprint density at radius 3 is 2.50 bits per heavy atom. The van der Waals surface area contributed by atoms with Crippen molar-refractivity contribution in [3.8, 4) is 39.2 Å². The predicted octanol–water partition coefficient (Wildman–Crippen LogP) is 6.45. The normalized spacial score (nSPS) is 11.5. The van der Waals surface area contributed by atoms with Crippen LogP contribution in [0.3, 0.4) is 0 Å². The van der Waals surface area contributed by atoms with Gasteiger partial charge in [0.2, 0.25) is 11.7 Å². The van der Waals surface area contributed by atoms with Gasteiger partial charge in [0.15, 0.2) is 0 Å². The molecule has 5 aromatic rings. The van der Waals surface area contributed by atoms with Crippen LogP contribution in [0, 0.1) is 0 Å². The molecule has 182 valence electrons. The molecule has 0 saturated carbocycles. The van der Waals surface area contributed by atoms with Crippen LogP contribution in [0.15, 0.2) is 77.4 Å². The Kier molecular flexibility index (Phi) is 6.02. The Bertz CT molecular complexity index is 1510. The second-order valence-electron chi connectivity index (χ2n) is 7.56. The van der Waals surface area contributed by atoms with Gasteiger partial charge in [-0.3, -0.25) is 4.68 Å². The van der Waals surface area contributed by atoms with Gasteiger partial charge in [-0.15, -0.1) is 16.4 Å². The van der Waals surface area contributed by atoms with Crippen LogP contribution in [0.4, 0.5) is 18.0 Å². The number of thiophene rings is 1. The number of benzene rings is 2. The highest BCUT2D eigenvalue weighted by Gasteiger charge is 2.37. The van der Waals surface area contributed by atoms with Crippen molar-refractivity contribution in [2.75, 3.05) is 0 Å². The van der Waals surface area contributed by atoms with Crippen LogP contribution in [0.1, 0.15) is 10.4 Å². The number of ether oxygens (including phenoxy) is 1. The topological polar surface area (TPSA) is 103 Å². The van der Waals surface area contributed by atoms with Crippen LogP contribution >= 0.6 is 11.3 Å². The largest absolute Gasteiger partial charge is 0.512 e. The fourth-order valence-electron chi connectivity index (χ4n) is 3.50. The van der Waals surface area contributed by atoms with Crippen molar-refractivity contribution in [2.24, 2.45) is 0 Å². The van der Waals surface area contributed by atoms with E-state index in [0.29, 0.717) is 29.0 Å². The maximum atomic E-state index is 13.7. The summed E-state index contributed by atoms with van der Waals surface area (Å²) in [5.41, 5.74) is 1.97. The third-order valence-corrected chi connectivity index (χ3v) is 6.24. The summed E-state index contributed by atoms with van der Waals surface area (Å²) in [5, 5.41) is 16.6. The molecule has 0 aliphatic rings. The molecule has 1 N–H and O–H groups in total. The Labute approximate surface area is 205 Å². The number of hydrogen-bond donors (Lipinski definition) is 1. The van der Waals surface area contributed by atoms with Gasteiger partial charge in [-0.05, 0) is 17.2 Å². The number of rotatable bonds is 6. The Balaban J connectivity index is 1.36. The molecule has 5 rings (SSSR count). The first-order chi connectivity index (χ1) is 17.3. The van der Waals surface area contributed by atoms with E-state index < -0.39 is 17.2 Å². The Hall–Kier alpha value is -4.45. The van der Waals surface area contributed by atoms with Crippen molar-refractivity contribution in [1.82, 2.24) is 19.9 Å². The third kappa shape index (κ3) is 4.98. The molecule has 0 aliphatic heterocycles. The molecule has 0 bridgehead atoms. The van der Waals surface area contributed by atoms with Gasteiger partial charge in [-0.2, -0.15) is 18.2 Å². The molecule has 3 aromatic heterocycles. The minimum absolute atomic E-state index is 0.00532. The van der Waals surface area contributed by atoms with Crippen LogP contribution in [0.5, 0.6) is 5.88 Å². The number of carboxylic acid groups (broad SMARTS) is 1. The Morgan fingerprint density at radius 2 is 1.81 bits per heavy atom. The Morgan fingerprint density at radius 1 is 1.06 bits per heavy atom. The zero-order valence-corrected chi connectivity index (χ0v) is 19.0. The monoisotopic (exact) mass is 512 g/mol. The molecule has 36 heavy (non-hydrogen) atoms. The lowest BCUT2D eigenvalue weighted by atomic mass is 10.1. The average molecular weight is 512 g/mol. The maximum absolute atomic E-state index is 13.7. The smallest absolute Gasteiger partial charge is 0.449 e.